The summed E-state index contributed by atoms with van der Waals surface area (Å²) in [6, 6.07) is 24.1. The molecule has 2 N–H and O–H groups in total. The molecule has 168 valence electrons. The summed E-state index contributed by atoms with van der Waals surface area (Å²) in [4.78, 5) is 12.7. The van der Waals surface area contributed by atoms with Crippen LogP contribution in [0.5, 0.6) is 0 Å². The largest absolute Gasteiger partial charge is 0.324 e. The molecule has 0 aliphatic heterocycles. The Kier molecular flexibility index (Phi) is 8.04. The molecular formula is C24H26ClN3O3S. The van der Waals surface area contributed by atoms with Crippen LogP contribution in [0.15, 0.2) is 83.8 Å². The fourth-order valence-electron chi connectivity index (χ4n) is 3.22. The molecule has 3 aromatic carbocycles. The number of carbonyl (C=O) groups is 1. The van der Waals surface area contributed by atoms with E-state index >= 15 is 0 Å². The van der Waals surface area contributed by atoms with Gasteiger partial charge in [0.15, 0.2) is 0 Å². The summed E-state index contributed by atoms with van der Waals surface area (Å²) in [5, 5.41) is 6.29. The number of sulfonamides is 1. The summed E-state index contributed by atoms with van der Waals surface area (Å²) in [5.74, 6) is -0.319. The molecule has 1 amide bonds. The Morgan fingerprint density at radius 3 is 2.22 bits per heavy atom. The van der Waals surface area contributed by atoms with Gasteiger partial charge in [0.25, 0.3) is 0 Å². The highest BCUT2D eigenvalue weighted by Crippen LogP contribution is 2.26. The normalized spacial score (nSPS) is 12.5. The first kappa shape index (κ1) is 23.9. The number of nitrogens with zero attached hydrogens (tertiary/aromatic N) is 1. The van der Waals surface area contributed by atoms with Crippen LogP contribution in [0.1, 0.15) is 17.2 Å². The standard InChI is InChI=1S/C24H26ClN3O3S/c1-28(2)32(30,31)20-13-14-21(25)23(16-20)27-24(29)17-26-22(19-11-7-4-8-12-19)15-18-9-5-3-6-10-18/h3-14,16,22,26H,15,17H2,1-2H3,(H,27,29). The second-order valence-corrected chi connectivity index (χ2v) is 10.1. The minimum atomic E-state index is -3.64. The van der Waals surface area contributed by atoms with Crippen molar-refractivity contribution in [1.82, 2.24) is 9.62 Å². The van der Waals surface area contributed by atoms with Crippen molar-refractivity contribution >= 4 is 33.2 Å². The van der Waals surface area contributed by atoms with Crippen LogP contribution in [0.4, 0.5) is 5.69 Å². The number of hydrogen-bond acceptors (Lipinski definition) is 4. The van der Waals surface area contributed by atoms with Gasteiger partial charge in [0, 0.05) is 20.1 Å². The zero-order valence-corrected chi connectivity index (χ0v) is 19.5. The van der Waals surface area contributed by atoms with Crippen LogP contribution >= 0.6 is 11.6 Å². The van der Waals surface area contributed by atoms with Crippen LogP contribution in [-0.2, 0) is 21.2 Å². The van der Waals surface area contributed by atoms with E-state index in [1.807, 2.05) is 60.7 Å². The molecule has 0 aliphatic rings. The highest BCUT2D eigenvalue weighted by atomic mass is 35.5. The van der Waals surface area contributed by atoms with Crippen LogP contribution in [0.2, 0.25) is 5.02 Å². The van der Waals surface area contributed by atoms with Gasteiger partial charge in [0.05, 0.1) is 22.2 Å². The van der Waals surface area contributed by atoms with Crippen molar-refractivity contribution < 1.29 is 13.2 Å². The molecule has 0 aromatic heterocycles. The summed E-state index contributed by atoms with van der Waals surface area (Å²) in [6.45, 7) is 0.0351. The first-order valence-electron chi connectivity index (χ1n) is 10.1. The SMILES string of the molecule is CN(C)S(=O)(=O)c1ccc(Cl)c(NC(=O)CNC(Cc2ccccc2)c2ccccc2)c1. The van der Waals surface area contributed by atoms with E-state index in [-0.39, 0.29) is 34.1 Å². The minimum Gasteiger partial charge on any atom is -0.324 e. The van der Waals surface area contributed by atoms with Crippen molar-refractivity contribution in [3.8, 4) is 0 Å². The molecule has 8 heteroatoms. The molecule has 0 saturated heterocycles. The topological polar surface area (TPSA) is 78.5 Å². The molecule has 0 spiro atoms. The summed E-state index contributed by atoms with van der Waals surface area (Å²) >= 11 is 6.19. The Balaban J connectivity index is 1.72. The third kappa shape index (κ3) is 6.17. The van der Waals surface area contributed by atoms with Crippen LogP contribution in [0.3, 0.4) is 0 Å². The van der Waals surface area contributed by atoms with Crippen molar-refractivity contribution in [2.45, 2.75) is 17.4 Å². The second-order valence-electron chi connectivity index (χ2n) is 7.51. The number of carbonyl (C=O) groups excluding carboxylic acids is 1. The van der Waals surface area contributed by atoms with Crippen LogP contribution in [-0.4, -0.2) is 39.3 Å². The fraction of sp³-hybridized carbons (Fsp3) is 0.208. The number of hydrogen-bond donors (Lipinski definition) is 2. The first-order valence-corrected chi connectivity index (χ1v) is 11.9. The molecule has 32 heavy (non-hydrogen) atoms. The smallest absolute Gasteiger partial charge is 0.242 e. The van der Waals surface area contributed by atoms with Gasteiger partial charge in [-0.25, -0.2) is 12.7 Å². The van der Waals surface area contributed by atoms with E-state index in [1.165, 1.54) is 32.3 Å². The lowest BCUT2D eigenvalue weighted by Gasteiger charge is -2.20. The lowest BCUT2D eigenvalue weighted by molar-refractivity contribution is -0.115. The summed E-state index contributed by atoms with van der Waals surface area (Å²) in [5.41, 5.74) is 2.47. The van der Waals surface area contributed by atoms with E-state index in [4.69, 9.17) is 11.6 Å². The van der Waals surface area contributed by atoms with Crippen molar-refractivity contribution in [3.63, 3.8) is 0 Å². The third-order valence-corrected chi connectivity index (χ3v) is 7.12. The predicted octanol–water partition coefficient (Wildman–Crippen LogP) is 4.10. The number of benzene rings is 3. The number of nitrogens with one attached hydrogen (secondary N) is 2. The van der Waals surface area contributed by atoms with Crippen LogP contribution in [0.25, 0.3) is 0 Å². The average molecular weight is 472 g/mol. The van der Waals surface area contributed by atoms with E-state index < -0.39 is 10.0 Å². The van der Waals surface area contributed by atoms with Crippen LogP contribution < -0.4 is 10.6 Å². The van der Waals surface area contributed by atoms with Gasteiger partial charge in [0.2, 0.25) is 15.9 Å². The fourth-order valence-corrected chi connectivity index (χ4v) is 4.32. The average Bonchev–Trinajstić information content (AvgIpc) is 2.79. The number of anilines is 1. The lowest BCUT2D eigenvalue weighted by Crippen LogP contribution is -2.32. The molecule has 0 saturated carbocycles. The van der Waals surface area contributed by atoms with E-state index in [0.717, 1.165) is 21.9 Å². The van der Waals surface area contributed by atoms with Gasteiger partial charge >= 0.3 is 0 Å². The van der Waals surface area contributed by atoms with E-state index in [9.17, 15) is 13.2 Å². The molecule has 0 bridgehead atoms. The molecule has 0 fully saturated rings. The number of halogens is 1. The van der Waals surface area contributed by atoms with Gasteiger partial charge in [-0.05, 0) is 35.7 Å². The molecule has 3 rings (SSSR count). The van der Waals surface area contributed by atoms with Gasteiger partial charge in [-0.1, -0.05) is 72.3 Å². The summed E-state index contributed by atoms with van der Waals surface area (Å²) in [7, 11) is -0.747. The molecule has 0 radical (unpaired) electrons. The molecule has 1 atom stereocenters. The van der Waals surface area contributed by atoms with Gasteiger partial charge in [-0.3, -0.25) is 4.79 Å². The van der Waals surface area contributed by atoms with Gasteiger partial charge in [-0.15, -0.1) is 0 Å². The first-order chi connectivity index (χ1) is 15.3. The molecule has 0 heterocycles. The molecule has 6 nitrogen and oxygen atoms in total. The maximum Gasteiger partial charge on any atom is 0.242 e. The van der Waals surface area contributed by atoms with Crippen molar-refractivity contribution in [2.75, 3.05) is 26.0 Å². The van der Waals surface area contributed by atoms with Crippen molar-refractivity contribution in [3.05, 3.63) is 95.0 Å². The monoisotopic (exact) mass is 471 g/mol. The maximum absolute atomic E-state index is 12.7. The molecule has 0 aliphatic carbocycles. The Bertz CT molecular complexity index is 1150. The second kappa shape index (κ2) is 10.7. The number of rotatable bonds is 9. The van der Waals surface area contributed by atoms with Gasteiger partial charge in [-0.2, -0.15) is 0 Å². The highest BCUT2D eigenvalue weighted by molar-refractivity contribution is 7.89. The lowest BCUT2D eigenvalue weighted by atomic mass is 9.99. The quantitative estimate of drug-likeness (QED) is 0.492. The van der Waals surface area contributed by atoms with E-state index in [0.29, 0.717) is 0 Å². The molecule has 3 aromatic rings. The van der Waals surface area contributed by atoms with Gasteiger partial charge < -0.3 is 10.6 Å². The Hall–Kier alpha value is -2.71. The Labute approximate surface area is 194 Å². The minimum absolute atomic E-state index is 0.0351. The Morgan fingerprint density at radius 2 is 1.59 bits per heavy atom. The predicted molar refractivity (Wildman–Crippen MR) is 128 cm³/mol. The zero-order valence-electron chi connectivity index (χ0n) is 18.0. The number of amides is 1. The molecular weight excluding hydrogens is 446 g/mol. The maximum atomic E-state index is 12.7. The third-order valence-electron chi connectivity index (χ3n) is 4.98. The van der Waals surface area contributed by atoms with E-state index in [2.05, 4.69) is 10.6 Å². The Morgan fingerprint density at radius 1 is 0.969 bits per heavy atom. The van der Waals surface area contributed by atoms with Crippen LogP contribution in [0, 0.1) is 0 Å². The highest BCUT2D eigenvalue weighted by Gasteiger charge is 2.19. The molecule has 1 unspecified atom stereocenters. The van der Waals surface area contributed by atoms with Crippen molar-refractivity contribution in [1.29, 1.82) is 0 Å². The van der Waals surface area contributed by atoms with Gasteiger partial charge in [0.1, 0.15) is 0 Å². The van der Waals surface area contributed by atoms with Crippen molar-refractivity contribution in [2.24, 2.45) is 0 Å². The van der Waals surface area contributed by atoms with E-state index in [1.54, 1.807) is 0 Å². The zero-order chi connectivity index (χ0) is 23.1. The summed E-state index contributed by atoms with van der Waals surface area (Å²) in [6.07, 6.45) is 0.718. The summed E-state index contributed by atoms with van der Waals surface area (Å²) < 4.78 is 25.9.